The number of hydrogen-bond donors (Lipinski definition) is 2. The summed E-state index contributed by atoms with van der Waals surface area (Å²) in [4.78, 5) is 3.74. The van der Waals surface area contributed by atoms with Gasteiger partial charge in [0.25, 0.3) is 0 Å². The molecule has 1 unspecified atom stereocenters. The average Bonchev–Trinajstić information content (AvgIpc) is 2.04. The number of nitrogens with zero attached hydrogens (tertiary/aromatic N) is 1. The topological polar surface area (TPSA) is 82.9 Å². The van der Waals surface area contributed by atoms with E-state index in [0.717, 1.165) is 12.5 Å². The van der Waals surface area contributed by atoms with Crippen LogP contribution in [0, 0.1) is 0 Å². The largest absolute Gasteiger partial charge is 0.398 e. The Balaban J connectivity index is 3.90. The summed E-state index contributed by atoms with van der Waals surface area (Å²) >= 11 is 0. The van der Waals surface area contributed by atoms with Gasteiger partial charge in [-0.1, -0.05) is 13.3 Å². The maximum atomic E-state index is 5.50. The zero-order valence-electron chi connectivity index (χ0n) is 8.54. The number of aliphatic imine (C=N–C) groups is 1. The Bertz CT molecular complexity index is 173. The molecular weight excluding hydrogens is 186 g/mol. The Morgan fingerprint density at radius 3 is 2.46 bits per heavy atom. The molecule has 0 fully saturated rings. The minimum Gasteiger partial charge on any atom is -0.398 e. The monoisotopic (exact) mass is 205 g/mol. The highest BCUT2D eigenvalue weighted by Crippen LogP contribution is 2.14. The van der Waals surface area contributed by atoms with Crippen molar-refractivity contribution in [3.05, 3.63) is 0 Å². The van der Waals surface area contributed by atoms with Crippen molar-refractivity contribution in [3.63, 3.8) is 0 Å². The highest BCUT2D eigenvalue weighted by molar-refractivity contribution is 6.65. The number of rotatable bonds is 6. The zero-order valence-corrected chi connectivity index (χ0v) is 9.54. The molecule has 0 saturated heterocycles. The van der Waals surface area contributed by atoms with Gasteiger partial charge in [-0.3, -0.25) is 0 Å². The Labute approximate surface area is 80.4 Å². The van der Waals surface area contributed by atoms with Crippen molar-refractivity contribution >= 4 is 14.5 Å². The molecule has 5 nitrogen and oxygen atoms in total. The molecule has 0 aliphatic carbocycles. The second-order valence-corrected chi connectivity index (χ2v) is 6.41. The highest BCUT2D eigenvalue weighted by Gasteiger charge is 2.28. The summed E-state index contributed by atoms with van der Waals surface area (Å²) in [5.41, 5.74) is 10.3. The molecule has 0 bridgehead atoms. The van der Waals surface area contributed by atoms with Gasteiger partial charge in [-0.25, -0.2) is 4.99 Å². The van der Waals surface area contributed by atoms with E-state index >= 15 is 0 Å². The van der Waals surface area contributed by atoms with Gasteiger partial charge in [-0.05, 0) is 12.6 Å². The summed E-state index contributed by atoms with van der Waals surface area (Å²) in [6.45, 7) is 4.28. The van der Waals surface area contributed by atoms with Crippen molar-refractivity contribution in [2.24, 2.45) is 16.5 Å². The van der Waals surface area contributed by atoms with Crippen molar-refractivity contribution in [1.29, 1.82) is 0 Å². The number of nitrogens with two attached hydrogens (primary N) is 2. The molecule has 0 spiro atoms. The molecule has 4 N–H and O–H groups in total. The standard InChI is InChI=1S/C7H19N3O2Si/c1-4-5-13(3,11-2)12-6-10-7(8)9/h4-6H2,1-3H3,(H4,8,9,10). The Kier molecular flexibility index (Phi) is 5.68. The molecule has 0 aromatic carbocycles. The SMILES string of the molecule is CCC[Si](C)(OC)OCN=C(N)N. The van der Waals surface area contributed by atoms with E-state index in [2.05, 4.69) is 11.9 Å². The van der Waals surface area contributed by atoms with Gasteiger partial charge in [-0.2, -0.15) is 0 Å². The maximum Gasteiger partial charge on any atom is 0.336 e. The van der Waals surface area contributed by atoms with E-state index in [4.69, 9.17) is 20.3 Å². The lowest BCUT2D eigenvalue weighted by molar-refractivity contribution is 0.210. The van der Waals surface area contributed by atoms with Gasteiger partial charge in [0.2, 0.25) is 0 Å². The average molecular weight is 205 g/mol. The van der Waals surface area contributed by atoms with Gasteiger partial charge in [-0.15, -0.1) is 0 Å². The van der Waals surface area contributed by atoms with Crippen molar-refractivity contribution < 1.29 is 8.85 Å². The third-order valence-corrected chi connectivity index (χ3v) is 4.76. The maximum absolute atomic E-state index is 5.50. The summed E-state index contributed by atoms with van der Waals surface area (Å²) in [6.07, 6.45) is 1.04. The fraction of sp³-hybridized carbons (Fsp3) is 0.857. The van der Waals surface area contributed by atoms with Crippen LogP contribution in [0.2, 0.25) is 12.6 Å². The van der Waals surface area contributed by atoms with Gasteiger partial charge < -0.3 is 20.3 Å². The smallest absolute Gasteiger partial charge is 0.336 e. The van der Waals surface area contributed by atoms with E-state index in [1.165, 1.54) is 0 Å². The third-order valence-electron chi connectivity index (χ3n) is 1.75. The molecule has 0 aliphatic rings. The normalized spacial score (nSPS) is 15.0. The van der Waals surface area contributed by atoms with Crippen LogP contribution in [0.5, 0.6) is 0 Å². The molecule has 78 valence electrons. The van der Waals surface area contributed by atoms with Crippen LogP contribution < -0.4 is 11.5 Å². The van der Waals surface area contributed by atoms with Crippen molar-refractivity contribution in [3.8, 4) is 0 Å². The molecule has 1 atom stereocenters. The molecule has 0 aliphatic heterocycles. The number of hydrogen-bond acceptors (Lipinski definition) is 3. The van der Waals surface area contributed by atoms with Crippen LogP contribution in [-0.4, -0.2) is 28.4 Å². The second kappa shape index (κ2) is 5.95. The minimum atomic E-state index is -2.01. The molecule has 6 heteroatoms. The fourth-order valence-electron chi connectivity index (χ4n) is 0.931. The van der Waals surface area contributed by atoms with Gasteiger partial charge >= 0.3 is 8.56 Å². The molecule has 0 amide bonds. The fourth-order valence-corrected chi connectivity index (χ4v) is 2.64. The van der Waals surface area contributed by atoms with Crippen molar-refractivity contribution in [2.75, 3.05) is 13.8 Å². The Hall–Kier alpha value is -0.593. The third kappa shape index (κ3) is 5.62. The molecule has 0 aromatic heterocycles. The first-order valence-electron chi connectivity index (χ1n) is 4.28. The zero-order chi connectivity index (χ0) is 10.3. The predicted molar refractivity (Wildman–Crippen MR) is 55.5 cm³/mol. The van der Waals surface area contributed by atoms with E-state index in [-0.39, 0.29) is 12.7 Å². The molecular formula is C7H19N3O2Si. The van der Waals surface area contributed by atoms with Crippen molar-refractivity contribution in [1.82, 2.24) is 0 Å². The molecule has 0 rings (SSSR count). The van der Waals surface area contributed by atoms with Crippen molar-refractivity contribution in [2.45, 2.75) is 25.9 Å². The lowest BCUT2D eigenvalue weighted by Crippen LogP contribution is -2.37. The van der Waals surface area contributed by atoms with E-state index < -0.39 is 8.56 Å². The lowest BCUT2D eigenvalue weighted by Gasteiger charge is -2.23. The first kappa shape index (κ1) is 12.4. The van der Waals surface area contributed by atoms with Gasteiger partial charge in [0, 0.05) is 7.11 Å². The quantitative estimate of drug-likeness (QED) is 0.373. The lowest BCUT2D eigenvalue weighted by atomic mass is 10.6. The van der Waals surface area contributed by atoms with Gasteiger partial charge in [0.05, 0.1) is 0 Å². The second-order valence-electron chi connectivity index (χ2n) is 2.94. The molecule has 0 radical (unpaired) electrons. The molecule has 0 aromatic rings. The first-order chi connectivity index (χ1) is 6.04. The summed E-state index contributed by atoms with van der Waals surface area (Å²) in [7, 11) is -0.344. The molecule has 13 heavy (non-hydrogen) atoms. The van der Waals surface area contributed by atoms with Crippen LogP contribution in [0.15, 0.2) is 4.99 Å². The summed E-state index contributed by atoms with van der Waals surface area (Å²) in [6, 6.07) is 0.948. The Morgan fingerprint density at radius 1 is 1.46 bits per heavy atom. The van der Waals surface area contributed by atoms with Gasteiger partial charge in [0.1, 0.15) is 6.73 Å². The first-order valence-corrected chi connectivity index (χ1v) is 6.81. The van der Waals surface area contributed by atoms with E-state index in [1.54, 1.807) is 7.11 Å². The van der Waals surface area contributed by atoms with E-state index in [9.17, 15) is 0 Å². The van der Waals surface area contributed by atoms with Crippen LogP contribution in [0.4, 0.5) is 0 Å². The number of guanidine groups is 1. The highest BCUT2D eigenvalue weighted by atomic mass is 28.4. The minimum absolute atomic E-state index is 0.0453. The van der Waals surface area contributed by atoms with Crippen LogP contribution in [-0.2, 0) is 8.85 Å². The summed E-state index contributed by atoms with van der Waals surface area (Å²) < 4.78 is 10.8. The van der Waals surface area contributed by atoms with Crippen LogP contribution in [0.25, 0.3) is 0 Å². The van der Waals surface area contributed by atoms with E-state index in [0.29, 0.717) is 0 Å². The Morgan fingerprint density at radius 2 is 2.08 bits per heavy atom. The summed E-state index contributed by atoms with van der Waals surface area (Å²) in [5, 5.41) is 0. The van der Waals surface area contributed by atoms with Crippen LogP contribution in [0.3, 0.4) is 0 Å². The molecule has 0 saturated carbocycles. The summed E-state index contributed by atoms with van der Waals surface area (Å²) in [5.74, 6) is 0.0453. The predicted octanol–water partition coefficient (Wildman–Crippen LogP) is 0.362. The molecule has 0 heterocycles. The van der Waals surface area contributed by atoms with Crippen LogP contribution in [0.1, 0.15) is 13.3 Å². The van der Waals surface area contributed by atoms with Gasteiger partial charge in [0.15, 0.2) is 5.96 Å². The van der Waals surface area contributed by atoms with Crippen LogP contribution >= 0.6 is 0 Å². The van der Waals surface area contributed by atoms with E-state index in [1.807, 2.05) is 6.55 Å².